The predicted molar refractivity (Wildman–Crippen MR) is 157 cm³/mol. The second-order valence-electron chi connectivity index (χ2n) is 9.52. The van der Waals surface area contributed by atoms with Gasteiger partial charge in [-0.2, -0.15) is 13.2 Å². The zero-order valence-electron chi connectivity index (χ0n) is 24.8. The SMILES string of the molecule is CC.CCC[C@H](C)CCC(CC)/C(C)=C/C=C(\C)c1cc(OC)c(-c2ncccc(C(F)(F)F)cc[nH]2)cn1. The van der Waals surface area contributed by atoms with Crippen LogP contribution in [0.15, 0.2) is 60.6 Å². The number of allylic oxidation sites excluding steroid dienone is 4. The van der Waals surface area contributed by atoms with Gasteiger partial charge in [0.1, 0.15) is 11.6 Å². The van der Waals surface area contributed by atoms with Gasteiger partial charge in [0, 0.05) is 24.7 Å². The third-order valence-electron chi connectivity index (χ3n) is 6.64. The summed E-state index contributed by atoms with van der Waals surface area (Å²) in [5.41, 5.74) is 2.87. The number of nitrogens with one attached hydrogen (secondary N) is 1. The van der Waals surface area contributed by atoms with Gasteiger partial charge >= 0.3 is 6.18 Å². The first-order valence-electron chi connectivity index (χ1n) is 13.9. The molecule has 2 rings (SSSR count). The summed E-state index contributed by atoms with van der Waals surface area (Å²) in [6, 6.07) is 5.01. The Morgan fingerprint density at radius 2 is 1.77 bits per heavy atom. The lowest BCUT2D eigenvalue weighted by molar-refractivity contribution is -0.137. The minimum absolute atomic E-state index is 0.334. The Morgan fingerprint density at radius 3 is 2.38 bits per heavy atom. The Balaban J connectivity index is 0.00000371. The summed E-state index contributed by atoms with van der Waals surface area (Å²) in [6.07, 6.45) is 10.0. The Bertz CT molecular complexity index is 1120. The van der Waals surface area contributed by atoms with Crippen LogP contribution in [0.2, 0.25) is 0 Å². The molecule has 0 aliphatic rings. The first-order valence-corrected chi connectivity index (χ1v) is 13.9. The highest BCUT2D eigenvalue weighted by molar-refractivity contribution is 5.69. The van der Waals surface area contributed by atoms with Gasteiger partial charge in [-0.15, -0.1) is 0 Å². The molecule has 0 amide bonds. The Morgan fingerprint density at radius 1 is 1.05 bits per heavy atom. The van der Waals surface area contributed by atoms with Crippen LogP contribution in [0, 0.1) is 11.8 Å². The molecule has 2 atom stereocenters. The Hall–Kier alpha value is -3.09. The van der Waals surface area contributed by atoms with Crippen LogP contribution in [-0.4, -0.2) is 22.1 Å². The molecule has 7 heteroatoms. The van der Waals surface area contributed by atoms with E-state index in [1.807, 2.05) is 26.8 Å². The minimum atomic E-state index is -4.45. The van der Waals surface area contributed by atoms with E-state index in [1.165, 1.54) is 49.7 Å². The van der Waals surface area contributed by atoms with Crippen molar-refractivity contribution in [2.75, 3.05) is 7.11 Å². The van der Waals surface area contributed by atoms with E-state index in [-0.39, 0.29) is 0 Å². The van der Waals surface area contributed by atoms with Gasteiger partial charge < -0.3 is 9.72 Å². The van der Waals surface area contributed by atoms with Gasteiger partial charge in [0.05, 0.1) is 23.9 Å². The largest absolute Gasteiger partial charge is 0.496 e. The number of ether oxygens (including phenoxy) is 1. The summed E-state index contributed by atoms with van der Waals surface area (Å²) >= 11 is 0. The summed E-state index contributed by atoms with van der Waals surface area (Å²) in [5.74, 6) is 2.18. The molecule has 2 aromatic rings. The molecule has 39 heavy (non-hydrogen) atoms. The van der Waals surface area contributed by atoms with E-state index < -0.39 is 11.7 Å². The molecule has 0 saturated heterocycles. The second-order valence-corrected chi connectivity index (χ2v) is 9.52. The van der Waals surface area contributed by atoms with Crippen LogP contribution in [0.4, 0.5) is 13.2 Å². The average Bonchev–Trinajstić information content (AvgIpc) is 3.05. The highest BCUT2D eigenvalue weighted by atomic mass is 19.4. The normalized spacial score (nSPS) is 13.6. The number of aromatic amines is 1. The quantitative estimate of drug-likeness (QED) is 0.286. The van der Waals surface area contributed by atoms with Gasteiger partial charge in [-0.05, 0) is 62.3 Å². The van der Waals surface area contributed by atoms with Crippen molar-refractivity contribution in [2.24, 2.45) is 11.8 Å². The van der Waals surface area contributed by atoms with Gasteiger partial charge in [-0.1, -0.05) is 71.6 Å². The molecule has 0 aromatic carbocycles. The van der Waals surface area contributed by atoms with E-state index in [0.29, 0.717) is 23.1 Å². The van der Waals surface area contributed by atoms with Crippen molar-refractivity contribution < 1.29 is 17.9 Å². The molecule has 216 valence electrons. The zero-order valence-corrected chi connectivity index (χ0v) is 24.8. The van der Waals surface area contributed by atoms with Crippen LogP contribution in [0.5, 0.6) is 5.75 Å². The molecule has 2 heterocycles. The lowest BCUT2D eigenvalue weighted by Gasteiger charge is -2.18. The van der Waals surface area contributed by atoms with Crippen LogP contribution in [0.3, 0.4) is 0 Å². The molecule has 2 aromatic heterocycles. The van der Waals surface area contributed by atoms with Crippen LogP contribution in [0.25, 0.3) is 17.0 Å². The van der Waals surface area contributed by atoms with Crippen LogP contribution in [0.1, 0.15) is 91.8 Å². The van der Waals surface area contributed by atoms with Gasteiger partial charge in [0.2, 0.25) is 0 Å². The van der Waals surface area contributed by atoms with Crippen molar-refractivity contribution in [3.63, 3.8) is 0 Å². The van der Waals surface area contributed by atoms with Gasteiger partial charge in [0.25, 0.3) is 0 Å². The number of hydrogen-bond acceptors (Lipinski definition) is 3. The summed E-state index contributed by atoms with van der Waals surface area (Å²) in [5, 5.41) is 0. The fourth-order valence-electron chi connectivity index (χ4n) is 4.26. The van der Waals surface area contributed by atoms with E-state index in [1.54, 1.807) is 13.3 Å². The third kappa shape index (κ3) is 11.3. The maximum Gasteiger partial charge on any atom is 0.416 e. The van der Waals surface area contributed by atoms with Crippen LogP contribution < -0.4 is 4.74 Å². The van der Waals surface area contributed by atoms with Crippen molar-refractivity contribution in [3.8, 4) is 17.1 Å². The van der Waals surface area contributed by atoms with E-state index in [4.69, 9.17) is 4.74 Å². The number of H-pyrrole nitrogens is 1. The molecular formula is C32H46F3N3O. The highest BCUT2D eigenvalue weighted by Gasteiger charge is 2.29. The van der Waals surface area contributed by atoms with Crippen molar-refractivity contribution in [3.05, 3.63) is 71.8 Å². The molecule has 0 bridgehead atoms. The second kappa shape index (κ2) is 17.5. The van der Waals surface area contributed by atoms with Crippen molar-refractivity contribution in [2.45, 2.75) is 86.7 Å². The number of alkyl halides is 3. The lowest BCUT2D eigenvalue weighted by atomic mass is 9.88. The molecule has 1 N–H and O–H groups in total. The van der Waals surface area contributed by atoms with Crippen molar-refractivity contribution >= 4 is 5.57 Å². The van der Waals surface area contributed by atoms with E-state index in [9.17, 15) is 13.2 Å². The summed E-state index contributed by atoms with van der Waals surface area (Å²) < 4.78 is 44.8. The van der Waals surface area contributed by atoms with Gasteiger partial charge in [-0.25, -0.2) is 4.98 Å². The number of pyridine rings is 1. The van der Waals surface area contributed by atoms with Gasteiger partial charge in [0.15, 0.2) is 0 Å². The fraction of sp³-hybridized carbons (Fsp3) is 0.500. The summed E-state index contributed by atoms with van der Waals surface area (Å²) in [7, 11) is 1.54. The number of hydrogen-bond donors (Lipinski definition) is 1. The molecule has 0 aliphatic heterocycles. The molecular weight excluding hydrogens is 499 g/mol. The first-order chi connectivity index (χ1) is 18.6. The third-order valence-corrected chi connectivity index (χ3v) is 6.64. The number of methoxy groups -OCH3 is 1. The monoisotopic (exact) mass is 545 g/mol. The summed E-state index contributed by atoms with van der Waals surface area (Å²) in [6.45, 7) is 15.0. The van der Waals surface area contributed by atoms with Crippen molar-refractivity contribution in [1.82, 2.24) is 15.0 Å². The molecule has 0 saturated carbocycles. The van der Waals surface area contributed by atoms with E-state index in [2.05, 4.69) is 54.8 Å². The topological polar surface area (TPSA) is 50.8 Å². The number of rotatable bonds is 11. The van der Waals surface area contributed by atoms with E-state index in [0.717, 1.165) is 35.7 Å². The molecule has 4 nitrogen and oxygen atoms in total. The Kier molecular flexibility index (Phi) is 15.2. The standard InChI is InChI=1S/C30H40F3N3O.C2H6/c1-7-10-21(3)12-15-24(8-2)22(4)13-14-23(5)27-19-28(37-6)26(20-36-27)29-34-17-9-11-25(16-18-35-29)30(31,32)33;1-2/h9,11,13-14,16-21,24H,7-8,10,12,15H2,1-6H3,(H,34,35);1-2H3/b17-9?,18-16?,22-13+,23-14+,25-11?;/t21-,24?;/m0./s1. The molecule has 1 unspecified atom stereocenters. The highest BCUT2D eigenvalue weighted by Crippen LogP contribution is 2.30. The van der Waals surface area contributed by atoms with Gasteiger partial charge in [-0.3, -0.25) is 4.98 Å². The lowest BCUT2D eigenvalue weighted by Crippen LogP contribution is -2.04. The van der Waals surface area contributed by atoms with Crippen molar-refractivity contribution in [1.29, 1.82) is 0 Å². The molecule has 0 spiro atoms. The first kappa shape index (κ1) is 33.9. The summed E-state index contributed by atoms with van der Waals surface area (Å²) in [4.78, 5) is 11.7. The smallest absolute Gasteiger partial charge is 0.416 e. The molecule has 0 radical (unpaired) electrons. The fourth-order valence-corrected chi connectivity index (χ4v) is 4.26. The average molecular weight is 546 g/mol. The number of nitrogens with zero attached hydrogens (tertiary/aromatic N) is 2. The molecule has 0 fully saturated rings. The maximum atomic E-state index is 13.1. The van der Waals surface area contributed by atoms with Crippen LogP contribution in [-0.2, 0) is 6.18 Å². The number of halogens is 3. The minimum Gasteiger partial charge on any atom is -0.496 e. The van der Waals surface area contributed by atoms with E-state index >= 15 is 0 Å². The predicted octanol–water partition coefficient (Wildman–Crippen LogP) is 10.2. The molecule has 0 aliphatic carbocycles. The maximum absolute atomic E-state index is 13.1. The van der Waals surface area contributed by atoms with Crippen LogP contribution >= 0.6 is 0 Å². The Labute approximate surface area is 233 Å². The number of aromatic nitrogens is 3. The zero-order chi connectivity index (χ0) is 29.4.